The van der Waals surface area contributed by atoms with Crippen LogP contribution in [0.25, 0.3) is 0 Å². The molecule has 4 heteroatoms. The van der Waals surface area contributed by atoms with Crippen molar-refractivity contribution in [2.45, 2.75) is 13.0 Å². The van der Waals surface area contributed by atoms with E-state index >= 15 is 0 Å². The fourth-order valence-corrected chi connectivity index (χ4v) is 2.22. The smallest absolute Gasteiger partial charge is 0.119 e. The van der Waals surface area contributed by atoms with Crippen LogP contribution in [0.15, 0.2) is 42.5 Å². The number of benzene rings is 2. The molecule has 0 spiro atoms. The highest BCUT2D eigenvalue weighted by atomic mass is 35.5. The molecule has 2 rings (SSSR count). The molecule has 0 aliphatic carbocycles. The minimum absolute atomic E-state index is 0.491. The topological polar surface area (TPSA) is 29.5 Å². The molecule has 0 aliphatic rings. The number of halogens is 2. The fraction of sp³-hybridized carbons (Fsp3) is 0.200. The first kappa shape index (κ1) is 14.2. The molecule has 0 fully saturated rings. The average Bonchev–Trinajstić information content (AvgIpc) is 2.42. The molecule has 1 N–H and O–H groups in total. The van der Waals surface area contributed by atoms with Gasteiger partial charge in [-0.2, -0.15) is 0 Å². The quantitative estimate of drug-likeness (QED) is 0.902. The summed E-state index contributed by atoms with van der Waals surface area (Å²) in [6.45, 7) is 2.54. The molecule has 1 unspecified atom stereocenters. The van der Waals surface area contributed by atoms with Crippen molar-refractivity contribution in [3.8, 4) is 5.75 Å². The van der Waals surface area contributed by atoms with Crippen molar-refractivity contribution in [3.63, 3.8) is 0 Å². The highest BCUT2D eigenvalue weighted by Gasteiger charge is 2.14. The first-order valence-electron chi connectivity index (χ1n) is 5.97. The molecule has 0 aliphatic heterocycles. The molecule has 1 atom stereocenters. The summed E-state index contributed by atoms with van der Waals surface area (Å²) in [5.41, 5.74) is 1.34. The minimum atomic E-state index is -0.804. The van der Waals surface area contributed by atoms with Gasteiger partial charge in [0.05, 0.1) is 6.61 Å². The van der Waals surface area contributed by atoms with E-state index in [0.717, 1.165) is 11.3 Å². The van der Waals surface area contributed by atoms with Crippen LogP contribution in [-0.2, 0) is 0 Å². The minimum Gasteiger partial charge on any atom is -0.494 e. The summed E-state index contributed by atoms with van der Waals surface area (Å²) in [5.74, 6) is 0.774. The SMILES string of the molecule is CCOc1ccc(C(O)c2cc(Cl)ccc2Cl)cc1. The van der Waals surface area contributed by atoms with Gasteiger partial charge in [-0.1, -0.05) is 35.3 Å². The van der Waals surface area contributed by atoms with E-state index in [1.54, 1.807) is 18.2 Å². The van der Waals surface area contributed by atoms with Crippen LogP contribution in [0, 0.1) is 0 Å². The zero-order valence-corrected chi connectivity index (χ0v) is 11.9. The Morgan fingerprint density at radius 1 is 1.11 bits per heavy atom. The van der Waals surface area contributed by atoms with Gasteiger partial charge in [-0.3, -0.25) is 0 Å². The zero-order chi connectivity index (χ0) is 13.8. The lowest BCUT2D eigenvalue weighted by Crippen LogP contribution is -2.01. The Hall–Kier alpha value is -1.22. The Bertz CT molecular complexity index is 553. The van der Waals surface area contributed by atoms with Gasteiger partial charge in [0.25, 0.3) is 0 Å². The predicted molar refractivity (Wildman–Crippen MR) is 78.1 cm³/mol. The van der Waals surface area contributed by atoms with Crippen molar-refractivity contribution in [2.24, 2.45) is 0 Å². The maximum Gasteiger partial charge on any atom is 0.119 e. The average molecular weight is 297 g/mol. The summed E-state index contributed by atoms with van der Waals surface area (Å²) < 4.78 is 5.36. The van der Waals surface area contributed by atoms with Crippen LogP contribution < -0.4 is 4.74 Å². The molecule has 0 saturated heterocycles. The van der Waals surface area contributed by atoms with Crippen LogP contribution in [0.2, 0.25) is 10.0 Å². The summed E-state index contributed by atoms with van der Waals surface area (Å²) in [5, 5.41) is 11.4. The van der Waals surface area contributed by atoms with E-state index in [4.69, 9.17) is 27.9 Å². The molecule has 2 nitrogen and oxygen atoms in total. The predicted octanol–water partition coefficient (Wildman–Crippen LogP) is 4.47. The van der Waals surface area contributed by atoms with E-state index < -0.39 is 6.10 Å². The number of aliphatic hydroxyl groups excluding tert-OH is 1. The lowest BCUT2D eigenvalue weighted by Gasteiger charge is -2.14. The van der Waals surface area contributed by atoms with Crippen LogP contribution in [0.4, 0.5) is 0 Å². The lowest BCUT2D eigenvalue weighted by molar-refractivity contribution is 0.220. The van der Waals surface area contributed by atoms with Crippen LogP contribution in [0.1, 0.15) is 24.2 Å². The van der Waals surface area contributed by atoms with E-state index in [0.29, 0.717) is 22.2 Å². The highest BCUT2D eigenvalue weighted by molar-refractivity contribution is 6.33. The van der Waals surface area contributed by atoms with Crippen LogP contribution in [0.5, 0.6) is 5.75 Å². The lowest BCUT2D eigenvalue weighted by atomic mass is 10.0. The summed E-state index contributed by atoms with van der Waals surface area (Å²) in [6, 6.07) is 12.3. The molecule has 0 radical (unpaired) electrons. The second-order valence-corrected chi connectivity index (χ2v) is 4.91. The van der Waals surface area contributed by atoms with Gasteiger partial charge >= 0.3 is 0 Å². The van der Waals surface area contributed by atoms with Gasteiger partial charge in [0.15, 0.2) is 0 Å². The van der Waals surface area contributed by atoms with Crippen LogP contribution >= 0.6 is 23.2 Å². The van der Waals surface area contributed by atoms with Gasteiger partial charge in [0.2, 0.25) is 0 Å². The fourth-order valence-electron chi connectivity index (χ4n) is 1.82. The van der Waals surface area contributed by atoms with Crippen molar-refractivity contribution in [2.75, 3.05) is 6.61 Å². The Morgan fingerprint density at radius 2 is 1.79 bits per heavy atom. The normalized spacial score (nSPS) is 12.2. The summed E-state index contributed by atoms with van der Waals surface area (Å²) in [4.78, 5) is 0. The van der Waals surface area contributed by atoms with Crippen LogP contribution in [-0.4, -0.2) is 11.7 Å². The van der Waals surface area contributed by atoms with Crippen LogP contribution in [0.3, 0.4) is 0 Å². The standard InChI is InChI=1S/C15H14Cl2O2/c1-2-19-12-6-3-10(4-7-12)15(18)13-9-11(16)5-8-14(13)17/h3-9,15,18H,2H2,1H3. The van der Waals surface area contributed by atoms with E-state index in [1.165, 1.54) is 0 Å². The van der Waals surface area contributed by atoms with Gasteiger partial charge < -0.3 is 9.84 Å². The van der Waals surface area contributed by atoms with Gasteiger partial charge in [0.1, 0.15) is 11.9 Å². The third kappa shape index (κ3) is 3.41. The second-order valence-electron chi connectivity index (χ2n) is 4.07. The molecule has 0 aromatic heterocycles. The molecule has 0 heterocycles. The molecular weight excluding hydrogens is 283 g/mol. The van der Waals surface area contributed by atoms with Gasteiger partial charge in [-0.15, -0.1) is 0 Å². The molecular formula is C15H14Cl2O2. The third-order valence-electron chi connectivity index (χ3n) is 2.76. The van der Waals surface area contributed by atoms with Gasteiger partial charge in [-0.25, -0.2) is 0 Å². The zero-order valence-electron chi connectivity index (χ0n) is 10.4. The molecule has 2 aromatic rings. The van der Waals surface area contributed by atoms with E-state index in [1.807, 2.05) is 31.2 Å². The summed E-state index contributed by atoms with van der Waals surface area (Å²) in [7, 11) is 0. The first-order valence-corrected chi connectivity index (χ1v) is 6.73. The Kier molecular flexibility index (Phi) is 4.70. The van der Waals surface area contributed by atoms with Crippen molar-refractivity contribution in [1.82, 2.24) is 0 Å². The molecule has 2 aromatic carbocycles. The van der Waals surface area contributed by atoms with Gasteiger partial charge in [-0.05, 0) is 42.8 Å². The van der Waals surface area contributed by atoms with Crippen molar-refractivity contribution in [1.29, 1.82) is 0 Å². The Balaban J connectivity index is 2.27. The first-order chi connectivity index (χ1) is 9.11. The monoisotopic (exact) mass is 296 g/mol. The number of hydrogen-bond donors (Lipinski definition) is 1. The van der Waals surface area contributed by atoms with Crippen molar-refractivity contribution >= 4 is 23.2 Å². The van der Waals surface area contributed by atoms with Crippen molar-refractivity contribution < 1.29 is 9.84 Å². The van der Waals surface area contributed by atoms with E-state index in [9.17, 15) is 5.11 Å². The molecule has 0 saturated carbocycles. The highest BCUT2D eigenvalue weighted by Crippen LogP contribution is 2.31. The van der Waals surface area contributed by atoms with E-state index in [-0.39, 0.29) is 0 Å². The number of ether oxygens (including phenoxy) is 1. The number of rotatable bonds is 4. The van der Waals surface area contributed by atoms with Gasteiger partial charge in [0, 0.05) is 15.6 Å². The second kappa shape index (κ2) is 6.29. The van der Waals surface area contributed by atoms with E-state index in [2.05, 4.69) is 0 Å². The third-order valence-corrected chi connectivity index (χ3v) is 3.34. The molecule has 0 amide bonds. The largest absolute Gasteiger partial charge is 0.494 e. The number of aliphatic hydroxyl groups is 1. The summed E-state index contributed by atoms with van der Waals surface area (Å²) >= 11 is 12.0. The number of hydrogen-bond acceptors (Lipinski definition) is 2. The maximum atomic E-state index is 10.3. The Labute approximate surface area is 122 Å². The molecule has 0 bridgehead atoms. The molecule has 19 heavy (non-hydrogen) atoms. The maximum absolute atomic E-state index is 10.3. The molecule has 100 valence electrons. The Morgan fingerprint density at radius 3 is 2.42 bits per heavy atom. The van der Waals surface area contributed by atoms with Crippen molar-refractivity contribution in [3.05, 3.63) is 63.6 Å². The summed E-state index contributed by atoms with van der Waals surface area (Å²) in [6.07, 6.45) is -0.804.